The van der Waals surface area contributed by atoms with Crippen molar-refractivity contribution in [3.05, 3.63) is 47.0 Å². The summed E-state index contributed by atoms with van der Waals surface area (Å²) in [5.41, 5.74) is 0.462. The topological polar surface area (TPSA) is 82.8 Å². The minimum atomic E-state index is -1.03. The molecule has 122 valence electrons. The molecule has 0 amide bonds. The highest BCUT2D eigenvalue weighted by atomic mass is 35.5. The van der Waals surface area contributed by atoms with Gasteiger partial charge in [0.1, 0.15) is 5.69 Å². The molecule has 0 spiro atoms. The van der Waals surface area contributed by atoms with Crippen molar-refractivity contribution in [2.75, 3.05) is 18.0 Å². The molecule has 2 aromatic heterocycles. The van der Waals surface area contributed by atoms with Gasteiger partial charge in [0.25, 0.3) is 0 Å². The van der Waals surface area contributed by atoms with E-state index in [-0.39, 0.29) is 10.7 Å². The Hall–Kier alpha value is -2.52. The molecular weight excluding hydrogens is 326 g/mol. The summed E-state index contributed by atoms with van der Waals surface area (Å²) in [6.45, 7) is 1.72. The van der Waals surface area contributed by atoms with E-state index in [9.17, 15) is 10.1 Å². The van der Waals surface area contributed by atoms with Crippen molar-refractivity contribution in [2.24, 2.45) is 0 Å². The molecule has 0 bridgehead atoms. The highest BCUT2D eigenvalue weighted by Crippen LogP contribution is 2.25. The van der Waals surface area contributed by atoms with Crippen LogP contribution in [0, 0.1) is 11.3 Å². The molecule has 1 atom stereocenters. The molecule has 0 N–H and O–H groups in total. The van der Waals surface area contributed by atoms with E-state index in [1.807, 2.05) is 11.0 Å². The Morgan fingerprint density at radius 2 is 2.04 bits per heavy atom. The predicted octanol–water partition coefficient (Wildman–Crippen LogP) is 3.01. The van der Waals surface area contributed by atoms with Gasteiger partial charge < -0.3 is 4.90 Å². The fourth-order valence-electron chi connectivity index (χ4n) is 2.72. The summed E-state index contributed by atoms with van der Waals surface area (Å²) >= 11 is 6.12. The van der Waals surface area contributed by atoms with Gasteiger partial charge >= 0.3 is 0 Å². The lowest BCUT2D eigenvalue weighted by atomic mass is 9.98. The van der Waals surface area contributed by atoms with Crippen LogP contribution in [0.25, 0.3) is 0 Å². The maximum absolute atomic E-state index is 12.8. The molecule has 3 heterocycles. The number of hydrogen-bond acceptors (Lipinski definition) is 6. The highest BCUT2D eigenvalue weighted by molar-refractivity contribution is 6.33. The summed E-state index contributed by atoms with van der Waals surface area (Å²) in [6.07, 6.45) is 6.31. The van der Waals surface area contributed by atoms with Crippen LogP contribution >= 0.6 is 11.6 Å². The van der Waals surface area contributed by atoms with Gasteiger partial charge in [-0.05, 0) is 31.4 Å². The second-order valence-electron chi connectivity index (χ2n) is 5.60. The zero-order valence-corrected chi connectivity index (χ0v) is 13.8. The van der Waals surface area contributed by atoms with Gasteiger partial charge in [0.2, 0.25) is 11.7 Å². The SMILES string of the molecule is N#CC(C(=O)c1nc(N2CCCCC2)ncc1Cl)c1ccccn1. The van der Waals surface area contributed by atoms with E-state index in [0.717, 1.165) is 25.9 Å². The number of nitrogens with zero attached hydrogens (tertiary/aromatic N) is 5. The van der Waals surface area contributed by atoms with Crippen LogP contribution in [0.1, 0.15) is 41.4 Å². The molecule has 1 unspecified atom stereocenters. The van der Waals surface area contributed by atoms with Crippen LogP contribution in [0.15, 0.2) is 30.6 Å². The van der Waals surface area contributed by atoms with Crippen molar-refractivity contribution >= 4 is 23.3 Å². The smallest absolute Gasteiger partial charge is 0.226 e. The molecule has 0 aromatic carbocycles. The number of anilines is 1. The second-order valence-corrected chi connectivity index (χ2v) is 6.00. The molecule has 0 saturated carbocycles. The third-order valence-corrected chi connectivity index (χ3v) is 4.26. The van der Waals surface area contributed by atoms with Crippen LogP contribution < -0.4 is 4.90 Å². The molecule has 6 nitrogen and oxygen atoms in total. The molecule has 1 fully saturated rings. The lowest BCUT2D eigenvalue weighted by Gasteiger charge is -2.26. The fourth-order valence-corrected chi connectivity index (χ4v) is 2.90. The number of carbonyl (C=O) groups is 1. The van der Waals surface area contributed by atoms with Crippen molar-refractivity contribution in [3.63, 3.8) is 0 Å². The first-order chi connectivity index (χ1) is 11.7. The summed E-state index contributed by atoms with van der Waals surface area (Å²) in [7, 11) is 0. The van der Waals surface area contributed by atoms with Crippen LogP contribution in [0.3, 0.4) is 0 Å². The third-order valence-electron chi connectivity index (χ3n) is 3.98. The van der Waals surface area contributed by atoms with Gasteiger partial charge in [-0.15, -0.1) is 0 Å². The molecule has 1 saturated heterocycles. The monoisotopic (exact) mass is 341 g/mol. The Balaban J connectivity index is 1.92. The van der Waals surface area contributed by atoms with Gasteiger partial charge in [0.15, 0.2) is 5.92 Å². The van der Waals surface area contributed by atoms with E-state index in [0.29, 0.717) is 11.6 Å². The van der Waals surface area contributed by atoms with Gasteiger partial charge in [-0.3, -0.25) is 9.78 Å². The van der Waals surface area contributed by atoms with Crippen molar-refractivity contribution in [2.45, 2.75) is 25.2 Å². The first-order valence-corrected chi connectivity index (χ1v) is 8.20. The molecule has 2 aromatic rings. The van der Waals surface area contributed by atoms with Crippen LogP contribution in [0.2, 0.25) is 5.02 Å². The average Bonchev–Trinajstić information content (AvgIpc) is 2.64. The second kappa shape index (κ2) is 7.37. The van der Waals surface area contributed by atoms with E-state index >= 15 is 0 Å². The third kappa shape index (κ3) is 3.36. The van der Waals surface area contributed by atoms with Crippen molar-refractivity contribution in [1.29, 1.82) is 5.26 Å². The minimum absolute atomic E-state index is 0.0736. The molecule has 0 aliphatic carbocycles. The van der Waals surface area contributed by atoms with Crippen LogP contribution in [0.4, 0.5) is 5.95 Å². The molecule has 7 heteroatoms. The van der Waals surface area contributed by atoms with Crippen molar-refractivity contribution < 1.29 is 4.79 Å². The number of ketones is 1. The number of piperidine rings is 1. The highest BCUT2D eigenvalue weighted by Gasteiger charge is 2.27. The Morgan fingerprint density at radius 3 is 2.71 bits per heavy atom. The van der Waals surface area contributed by atoms with E-state index in [4.69, 9.17) is 11.6 Å². The number of hydrogen-bond donors (Lipinski definition) is 0. The molecule has 1 aliphatic rings. The average molecular weight is 342 g/mol. The number of aromatic nitrogens is 3. The molecule has 3 rings (SSSR count). The van der Waals surface area contributed by atoms with E-state index in [1.54, 1.807) is 24.4 Å². The van der Waals surface area contributed by atoms with Crippen LogP contribution in [0.5, 0.6) is 0 Å². The maximum atomic E-state index is 12.8. The molecular formula is C17H16ClN5O. The Labute approximate surface area is 145 Å². The maximum Gasteiger partial charge on any atom is 0.226 e. The first kappa shape index (κ1) is 16.3. The Morgan fingerprint density at radius 1 is 1.25 bits per heavy atom. The van der Waals surface area contributed by atoms with Gasteiger partial charge in [-0.1, -0.05) is 17.7 Å². The van der Waals surface area contributed by atoms with E-state index in [1.165, 1.54) is 12.6 Å². The number of carbonyl (C=O) groups excluding carboxylic acids is 1. The summed E-state index contributed by atoms with van der Waals surface area (Å²) in [5.74, 6) is -1.00. The zero-order chi connectivity index (χ0) is 16.9. The van der Waals surface area contributed by atoms with E-state index in [2.05, 4.69) is 15.0 Å². The quantitative estimate of drug-likeness (QED) is 0.795. The standard InChI is InChI=1S/C17H16ClN5O/c18-13-11-21-17(23-8-4-1-5-9-23)22-15(13)16(24)12(10-19)14-6-2-3-7-20-14/h2-3,6-7,11-12H,1,4-5,8-9H2. The normalized spacial score (nSPS) is 15.6. The number of halogens is 1. The largest absolute Gasteiger partial charge is 0.341 e. The van der Waals surface area contributed by atoms with Gasteiger partial charge in [0.05, 0.1) is 23.0 Å². The van der Waals surface area contributed by atoms with Gasteiger partial charge in [-0.2, -0.15) is 5.26 Å². The zero-order valence-electron chi connectivity index (χ0n) is 13.0. The molecule has 24 heavy (non-hydrogen) atoms. The molecule has 1 aliphatic heterocycles. The number of Topliss-reactive ketones (excluding diaryl/α,β-unsaturated/α-hetero) is 1. The number of nitriles is 1. The predicted molar refractivity (Wildman–Crippen MR) is 90.0 cm³/mol. The van der Waals surface area contributed by atoms with E-state index < -0.39 is 11.7 Å². The van der Waals surface area contributed by atoms with Crippen molar-refractivity contribution in [3.8, 4) is 6.07 Å². The van der Waals surface area contributed by atoms with Crippen molar-refractivity contribution in [1.82, 2.24) is 15.0 Å². The molecule has 0 radical (unpaired) electrons. The number of pyridine rings is 1. The number of rotatable bonds is 4. The lowest BCUT2D eigenvalue weighted by molar-refractivity contribution is 0.0973. The fraction of sp³-hybridized carbons (Fsp3) is 0.353. The van der Waals surface area contributed by atoms with Crippen LogP contribution in [-0.2, 0) is 0 Å². The van der Waals surface area contributed by atoms with Crippen LogP contribution in [-0.4, -0.2) is 33.8 Å². The summed E-state index contributed by atoms with van der Waals surface area (Å²) in [4.78, 5) is 27.5. The summed E-state index contributed by atoms with van der Waals surface area (Å²) in [5, 5.41) is 9.56. The summed E-state index contributed by atoms with van der Waals surface area (Å²) < 4.78 is 0. The lowest BCUT2D eigenvalue weighted by Crippen LogP contribution is -2.31. The summed E-state index contributed by atoms with van der Waals surface area (Å²) in [6, 6.07) is 7.11. The Bertz CT molecular complexity index is 768. The minimum Gasteiger partial charge on any atom is -0.341 e. The van der Waals surface area contributed by atoms with Gasteiger partial charge in [0, 0.05) is 19.3 Å². The van der Waals surface area contributed by atoms with Gasteiger partial charge in [-0.25, -0.2) is 9.97 Å². The Kier molecular flexibility index (Phi) is 5.02. The first-order valence-electron chi connectivity index (χ1n) is 7.83.